The second-order valence-corrected chi connectivity index (χ2v) is 5.77. The Labute approximate surface area is 128 Å². The van der Waals surface area contributed by atoms with E-state index >= 15 is 0 Å². The van der Waals surface area contributed by atoms with Gasteiger partial charge in [0.1, 0.15) is 5.75 Å². The number of rotatable bonds is 3. The highest BCUT2D eigenvalue weighted by molar-refractivity contribution is 7.08. The smallest absolute Gasteiger partial charge is 0.254 e. The summed E-state index contributed by atoms with van der Waals surface area (Å²) >= 11 is 1.56. The molecule has 0 radical (unpaired) electrons. The largest absolute Gasteiger partial charge is 0.497 e. The van der Waals surface area contributed by atoms with E-state index in [1.165, 1.54) is 5.69 Å². The first kappa shape index (κ1) is 13.9. The third kappa shape index (κ3) is 3.03. The zero-order valence-corrected chi connectivity index (χ0v) is 12.8. The van der Waals surface area contributed by atoms with Crippen molar-refractivity contribution >= 4 is 22.9 Å². The Hall–Kier alpha value is -2.01. The molecule has 1 saturated heterocycles. The fourth-order valence-electron chi connectivity index (χ4n) is 2.53. The summed E-state index contributed by atoms with van der Waals surface area (Å²) in [6, 6.07) is 9.96. The predicted octanol–water partition coefficient (Wildman–Crippen LogP) is 2.72. The number of methoxy groups -OCH3 is 1. The van der Waals surface area contributed by atoms with E-state index in [-0.39, 0.29) is 5.91 Å². The number of amides is 1. The lowest BCUT2D eigenvalue weighted by molar-refractivity contribution is 0.0747. The first-order chi connectivity index (χ1) is 10.3. The maximum Gasteiger partial charge on any atom is 0.254 e. The summed E-state index contributed by atoms with van der Waals surface area (Å²) in [6.45, 7) is 3.26. The summed E-state index contributed by atoms with van der Waals surface area (Å²) in [5, 5.41) is 3.86. The van der Waals surface area contributed by atoms with Crippen molar-refractivity contribution in [2.45, 2.75) is 0 Å². The molecule has 0 saturated carbocycles. The van der Waals surface area contributed by atoms with Crippen molar-refractivity contribution in [3.05, 3.63) is 46.7 Å². The van der Waals surface area contributed by atoms with E-state index in [1.54, 1.807) is 18.4 Å². The average molecular weight is 302 g/mol. The van der Waals surface area contributed by atoms with Crippen molar-refractivity contribution in [3.63, 3.8) is 0 Å². The Morgan fingerprint density at radius 2 is 1.81 bits per heavy atom. The highest BCUT2D eigenvalue weighted by Gasteiger charge is 2.22. The highest BCUT2D eigenvalue weighted by atomic mass is 32.1. The molecular weight excluding hydrogens is 284 g/mol. The Kier molecular flexibility index (Phi) is 4.10. The fraction of sp³-hybridized carbons (Fsp3) is 0.312. The van der Waals surface area contributed by atoms with E-state index in [0.717, 1.165) is 37.5 Å². The molecule has 0 unspecified atom stereocenters. The third-order valence-corrected chi connectivity index (χ3v) is 4.46. The molecule has 1 fully saturated rings. The van der Waals surface area contributed by atoms with Crippen LogP contribution in [0.15, 0.2) is 41.1 Å². The Bertz CT molecular complexity index is 587. The molecule has 1 aliphatic heterocycles. The maximum absolute atomic E-state index is 12.3. The van der Waals surface area contributed by atoms with Crippen molar-refractivity contribution < 1.29 is 9.53 Å². The molecule has 0 spiro atoms. The molecule has 0 atom stereocenters. The number of carbonyl (C=O) groups excluding carboxylic acids is 1. The summed E-state index contributed by atoms with van der Waals surface area (Å²) in [5.74, 6) is 1.01. The quantitative estimate of drug-likeness (QED) is 0.874. The molecule has 5 heteroatoms. The minimum atomic E-state index is 0.144. The van der Waals surface area contributed by atoms with Crippen molar-refractivity contribution in [1.82, 2.24) is 4.90 Å². The molecule has 110 valence electrons. The molecule has 4 nitrogen and oxygen atoms in total. The van der Waals surface area contributed by atoms with Gasteiger partial charge in [-0.25, -0.2) is 0 Å². The van der Waals surface area contributed by atoms with Gasteiger partial charge >= 0.3 is 0 Å². The molecule has 0 bridgehead atoms. The van der Waals surface area contributed by atoms with Gasteiger partial charge in [0.25, 0.3) is 5.91 Å². The number of nitrogens with zero attached hydrogens (tertiary/aromatic N) is 2. The SMILES string of the molecule is COc1ccc(N2CCN(C(=O)c3ccsc3)CC2)cc1. The summed E-state index contributed by atoms with van der Waals surface area (Å²) in [7, 11) is 1.67. The van der Waals surface area contributed by atoms with Crippen LogP contribution < -0.4 is 9.64 Å². The van der Waals surface area contributed by atoms with Crippen LogP contribution in [0, 0.1) is 0 Å². The molecule has 1 aliphatic rings. The zero-order valence-electron chi connectivity index (χ0n) is 12.0. The second kappa shape index (κ2) is 6.18. The molecule has 1 amide bonds. The van der Waals surface area contributed by atoms with E-state index in [1.807, 2.05) is 33.9 Å². The summed E-state index contributed by atoms with van der Waals surface area (Å²) in [4.78, 5) is 16.5. The second-order valence-electron chi connectivity index (χ2n) is 4.99. The third-order valence-electron chi connectivity index (χ3n) is 3.77. The van der Waals surface area contributed by atoms with E-state index in [9.17, 15) is 4.79 Å². The van der Waals surface area contributed by atoms with Crippen LogP contribution in [0.1, 0.15) is 10.4 Å². The van der Waals surface area contributed by atoms with Gasteiger partial charge in [-0.2, -0.15) is 11.3 Å². The molecule has 21 heavy (non-hydrogen) atoms. The molecule has 0 aliphatic carbocycles. The average Bonchev–Trinajstić information content (AvgIpc) is 3.09. The normalized spacial score (nSPS) is 15.1. The molecule has 2 heterocycles. The number of ether oxygens (including phenoxy) is 1. The number of hydrogen-bond acceptors (Lipinski definition) is 4. The number of hydrogen-bond donors (Lipinski definition) is 0. The van der Waals surface area contributed by atoms with Gasteiger partial charge in [0.15, 0.2) is 0 Å². The maximum atomic E-state index is 12.3. The Morgan fingerprint density at radius 1 is 1.10 bits per heavy atom. The van der Waals surface area contributed by atoms with E-state index in [4.69, 9.17) is 4.74 Å². The van der Waals surface area contributed by atoms with Crippen LogP contribution in [0.5, 0.6) is 5.75 Å². The number of carbonyl (C=O) groups is 1. The van der Waals surface area contributed by atoms with Gasteiger partial charge < -0.3 is 14.5 Å². The lowest BCUT2D eigenvalue weighted by Gasteiger charge is -2.36. The Balaban J connectivity index is 1.60. The Morgan fingerprint density at radius 3 is 2.38 bits per heavy atom. The summed E-state index contributed by atoms with van der Waals surface area (Å²) < 4.78 is 5.18. The van der Waals surface area contributed by atoms with Crippen molar-refractivity contribution in [2.24, 2.45) is 0 Å². The molecular formula is C16H18N2O2S. The number of piperazine rings is 1. The van der Waals surface area contributed by atoms with Crippen LogP contribution in [-0.2, 0) is 0 Å². The van der Waals surface area contributed by atoms with Gasteiger partial charge in [-0.3, -0.25) is 4.79 Å². The van der Waals surface area contributed by atoms with Crippen LogP contribution >= 0.6 is 11.3 Å². The van der Waals surface area contributed by atoms with Crippen molar-refractivity contribution in [3.8, 4) is 5.75 Å². The zero-order chi connectivity index (χ0) is 14.7. The highest BCUT2D eigenvalue weighted by Crippen LogP contribution is 2.21. The monoisotopic (exact) mass is 302 g/mol. The number of benzene rings is 1. The van der Waals surface area contributed by atoms with E-state index in [2.05, 4.69) is 17.0 Å². The van der Waals surface area contributed by atoms with Gasteiger partial charge in [-0.15, -0.1) is 0 Å². The van der Waals surface area contributed by atoms with Gasteiger partial charge in [-0.05, 0) is 35.7 Å². The van der Waals surface area contributed by atoms with E-state index in [0.29, 0.717) is 0 Å². The molecule has 1 aromatic heterocycles. The van der Waals surface area contributed by atoms with Gasteiger partial charge in [0.2, 0.25) is 0 Å². The topological polar surface area (TPSA) is 32.8 Å². The van der Waals surface area contributed by atoms with Crippen LogP contribution in [0.4, 0.5) is 5.69 Å². The number of thiophene rings is 1. The minimum Gasteiger partial charge on any atom is -0.497 e. The lowest BCUT2D eigenvalue weighted by atomic mass is 10.2. The number of anilines is 1. The fourth-order valence-corrected chi connectivity index (χ4v) is 3.16. The summed E-state index contributed by atoms with van der Waals surface area (Å²) in [5.41, 5.74) is 1.98. The van der Waals surface area contributed by atoms with Crippen LogP contribution in [-0.4, -0.2) is 44.1 Å². The molecule has 3 rings (SSSR count). The molecule has 0 N–H and O–H groups in total. The van der Waals surface area contributed by atoms with E-state index < -0.39 is 0 Å². The lowest BCUT2D eigenvalue weighted by Crippen LogP contribution is -2.48. The van der Waals surface area contributed by atoms with Gasteiger partial charge in [-0.1, -0.05) is 0 Å². The van der Waals surface area contributed by atoms with Gasteiger partial charge in [0.05, 0.1) is 12.7 Å². The van der Waals surface area contributed by atoms with Crippen LogP contribution in [0.25, 0.3) is 0 Å². The standard InChI is InChI=1S/C16H18N2O2S/c1-20-15-4-2-14(3-5-15)17-7-9-18(10-8-17)16(19)13-6-11-21-12-13/h2-6,11-12H,7-10H2,1H3. The summed E-state index contributed by atoms with van der Waals surface area (Å²) in [6.07, 6.45) is 0. The predicted molar refractivity (Wildman–Crippen MR) is 85.4 cm³/mol. The van der Waals surface area contributed by atoms with Crippen molar-refractivity contribution in [2.75, 3.05) is 38.2 Å². The first-order valence-electron chi connectivity index (χ1n) is 6.98. The van der Waals surface area contributed by atoms with Crippen LogP contribution in [0.3, 0.4) is 0 Å². The van der Waals surface area contributed by atoms with Crippen molar-refractivity contribution in [1.29, 1.82) is 0 Å². The van der Waals surface area contributed by atoms with Crippen LogP contribution in [0.2, 0.25) is 0 Å². The minimum absolute atomic E-state index is 0.144. The molecule has 2 aromatic rings. The van der Waals surface area contributed by atoms with Gasteiger partial charge in [0, 0.05) is 37.2 Å². The molecule has 1 aromatic carbocycles. The first-order valence-corrected chi connectivity index (χ1v) is 7.92.